The van der Waals surface area contributed by atoms with Gasteiger partial charge in [-0.25, -0.2) is 0 Å². The molecule has 0 saturated carbocycles. The first-order valence-corrected chi connectivity index (χ1v) is 10.4. The lowest BCUT2D eigenvalue weighted by Gasteiger charge is -2.38. The second kappa shape index (κ2) is 6.46. The Kier molecular flexibility index (Phi) is 4.11. The molecule has 1 saturated heterocycles. The molecule has 2 heterocycles. The molecule has 0 bridgehead atoms. The highest BCUT2D eigenvalue weighted by atomic mass is 32.2. The standard InChI is InChI=1S/C22H26N2S/c1-23-9-11-24(12-10-23)20-14-18-5-2-3-8-21(18)25-22-15-17-7-4-6-16(17)13-19(20)22/h2-3,5,8,13,15,20H,4,6-7,9-12,14H2,1H3/t20-/m1/s1. The molecule has 0 spiro atoms. The summed E-state index contributed by atoms with van der Waals surface area (Å²) in [6.07, 6.45) is 5.02. The Morgan fingerprint density at radius 1 is 0.880 bits per heavy atom. The van der Waals surface area contributed by atoms with E-state index in [4.69, 9.17) is 0 Å². The normalized spacial score (nSPS) is 23.6. The molecule has 25 heavy (non-hydrogen) atoms. The van der Waals surface area contributed by atoms with Gasteiger partial charge in [-0.2, -0.15) is 0 Å². The van der Waals surface area contributed by atoms with E-state index in [0.29, 0.717) is 6.04 Å². The van der Waals surface area contributed by atoms with Crippen LogP contribution in [0.3, 0.4) is 0 Å². The molecule has 3 aliphatic rings. The first-order chi connectivity index (χ1) is 12.3. The smallest absolute Gasteiger partial charge is 0.0401 e. The van der Waals surface area contributed by atoms with Gasteiger partial charge < -0.3 is 4.90 Å². The highest BCUT2D eigenvalue weighted by Gasteiger charge is 2.30. The predicted octanol–water partition coefficient (Wildman–Crippen LogP) is 4.17. The molecule has 0 unspecified atom stereocenters. The van der Waals surface area contributed by atoms with Gasteiger partial charge in [0.25, 0.3) is 0 Å². The lowest BCUT2D eigenvalue weighted by molar-refractivity contribution is 0.110. The van der Waals surface area contributed by atoms with E-state index >= 15 is 0 Å². The van der Waals surface area contributed by atoms with Crippen molar-refractivity contribution in [2.45, 2.75) is 41.5 Å². The Morgan fingerprint density at radius 3 is 2.48 bits per heavy atom. The Bertz CT molecular complexity index is 793. The number of rotatable bonds is 1. The number of hydrogen-bond donors (Lipinski definition) is 0. The lowest BCUT2D eigenvalue weighted by Crippen LogP contribution is -2.46. The van der Waals surface area contributed by atoms with Gasteiger partial charge in [-0.05, 0) is 67.1 Å². The summed E-state index contributed by atoms with van der Waals surface area (Å²) in [5, 5.41) is 0. The minimum absolute atomic E-state index is 0.533. The van der Waals surface area contributed by atoms with Gasteiger partial charge in [-0.1, -0.05) is 36.0 Å². The van der Waals surface area contributed by atoms with E-state index in [2.05, 4.69) is 53.2 Å². The number of fused-ring (bicyclic) bond motifs is 3. The van der Waals surface area contributed by atoms with Crippen molar-refractivity contribution < 1.29 is 0 Å². The van der Waals surface area contributed by atoms with E-state index < -0.39 is 0 Å². The van der Waals surface area contributed by atoms with E-state index in [9.17, 15) is 0 Å². The molecule has 0 radical (unpaired) electrons. The van der Waals surface area contributed by atoms with E-state index in [0.717, 1.165) is 6.42 Å². The van der Waals surface area contributed by atoms with Gasteiger partial charge in [-0.3, -0.25) is 4.90 Å². The van der Waals surface area contributed by atoms with E-state index in [1.54, 1.807) is 16.7 Å². The lowest BCUT2D eigenvalue weighted by atomic mass is 9.94. The predicted molar refractivity (Wildman–Crippen MR) is 105 cm³/mol. The third-order valence-corrected chi connectivity index (χ3v) is 7.36. The molecule has 2 aliphatic heterocycles. The third-order valence-electron chi connectivity index (χ3n) is 6.17. The minimum Gasteiger partial charge on any atom is -0.304 e. The molecule has 2 aromatic carbocycles. The van der Waals surface area contributed by atoms with Crippen molar-refractivity contribution in [1.29, 1.82) is 0 Å². The van der Waals surface area contributed by atoms with Gasteiger partial charge in [-0.15, -0.1) is 0 Å². The topological polar surface area (TPSA) is 6.48 Å². The zero-order valence-electron chi connectivity index (χ0n) is 15.0. The fourth-order valence-electron chi connectivity index (χ4n) is 4.64. The Balaban J connectivity index is 1.60. The van der Waals surface area contributed by atoms with Crippen molar-refractivity contribution in [1.82, 2.24) is 9.80 Å². The zero-order chi connectivity index (χ0) is 16.8. The molecular weight excluding hydrogens is 324 g/mol. The van der Waals surface area contributed by atoms with Crippen LogP contribution in [0.25, 0.3) is 0 Å². The fourth-order valence-corrected chi connectivity index (χ4v) is 5.82. The molecule has 3 heteroatoms. The number of nitrogens with zero attached hydrogens (tertiary/aromatic N) is 2. The third kappa shape index (κ3) is 2.92. The summed E-state index contributed by atoms with van der Waals surface area (Å²) < 4.78 is 0. The van der Waals surface area contributed by atoms with Crippen molar-refractivity contribution in [2.75, 3.05) is 33.2 Å². The number of benzene rings is 2. The molecule has 0 amide bonds. The Hall–Kier alpha value is -1.29. The van der Waals surface area contributed by atoms with E-state index in [1.807, 2.05) is 11.8 Å². The molecular formula is C22H26N2S. The number of aryl methyl sites for hydroxylation is 2. The quantitative estimate of drug-likeness (QED) is 0.762. The van der Waals surface area contributed by atoms with Crippen LogP contribution in [-0.4, -0.2) is 43.0 Å². The molecule has 5 rings (SSSR count). The van der Waals surface area contributed by atoms with Crippen LogP contribution in [0.1, 0.15) is 34.7 Å². The minimum atomic E-state index is 0.533. The highest BCUT2D eigenvalue weighted by molar-refractivity contribution is 7.99. The molecule has 2 nitrogen and oxygen atoms in total. The van der Waals surface area contributed by atoms with Crippen LogP contribution < -0.4 is 0 Å². The van der Waals surface area contributed by atoms with E-state index in [-0.39, 0.29) is 0 Å². The summed E-state index contributed by atoms with van der Waals surface area (Å²) in [4.78, 5) is 8.16. The summed E-state index contributed by atoms with van der Waals surface area (Å²) in [5.41, 5.74) is 6.33. The van der Waals surface area contributed by atoms with Gasteiger partial charge >= 0.3 is 0 Å². The SMILES string of the molecule is CN1CCN([C@@H]2Cc3ccccc3Sc3cc4c(cc32)CCC4)CC1. The Labute approximate surface area is 155 Å². The van der Waals surface area contributed by atoms with Crippen molar-refractivity contribution in [2.24, 2.45) is 0 Å². The Morgan fingerprint density at radius 2 is 1.64 bits per heavy atom. The summed E-state index contributed by atoms with van der Waals surface area (Å²) in [5.74, 6) is 0. The van der Waals surface area contributed by atoms with Gasteiger partial charge in [0.15, 0.2) is 0 Å². The summed E-state index contributed by atoms with van der Waals surface area (Å²) in [7, 11) is 2.25. The van der Waals surface area contributed by atoms with Gasteiger partial charge in [0.2, 0.25) is 0 Å². The second-order valence-electron chi connectivity index (χ2n) is 7.78. The second-order valence-corrected chi connectivity index (χ2v) is 8.87. The summed E-state index contributed by atoms with van der Waals surface area (Å²) in [6.45, 7) is 4.74. The molecule has 1 atom stereocenters. The van der Waals surface area contributed by atoms with Crippen LogP contribution >= 0.6 is 11.8 Å². The van der Waals surface area contributed by atoms with Gasteiger partial charge in [0.05, 0.1) is 0 Å². The molecule has 0 aromatic heterocycles. The van der Waals surface area contributed by atoms with Crippen molar-refractivity contribution >= 4 is 11.8 Å². The summed E-state index contributed by atoms with van der Waals surface area (Å²) in [6, 6.07) is 14.7. The number of piperazine rings is 1. The highest BCUT2D eigenvalue weighted by Crippen LogP contribution is 2.45. The fraction of sp³-hybridized carbons (Fsp3) is 0.455. The van der Waals surface area contributed by atoms with Crippen LogP contribution in [0, 0.1) is 0 Å². The maximum absolute atomic E-state index is 2.74. The average molecular weight is 351 g/mol. The van der Waals surface area contributed by atoms with Crippen molar-refractivity contribution in [3.05, 3.63) is 58.7 Å². The first-order valence-electron chi connectivity index (χ1n) is 9.62. The van der Waals surface area contributed by atoms with Crippen molar-refractivity contribution in [3.8, 4) is 0 Å². The number of likely N-dealkylation sites (N-methyl/N-ethyl adjacent to an activating group) is 1. The maximum Gasteiger partial charge on any atom is 0.0401 e. The molecule has 0 N–H and O–H groups in total. The van der Waals surface area contributed by atoms with Crippen LogP contribution in [-0.2, 0) is 19.3 Å². The van der Waals surface area contributed by atoms with Crippen LogP contribution in [0.4, 0.5) is 0 Å². The zero-order valence-corrected chi connectivity index (χ0v) is 15.8. The average Bonchev–Trinajstić information content (AvgIpc) is 3.02. The summed E-state index contributed by atoms with van der Waals surface area (Å²) >= 11 is 2.00. The van der Waals surface area contributed by atoms with Gasteiger partial charge in [0, 0.05) is 42.0 Å². The van der Waals surface area contributed by atoms with Crippen molar-refractivity contribution in [3.63, 3.8) is 0 Å². The monoisotopic (exact) mass is 350 g/mol. The molecule has 1 aliphatic carbocycles. The molecule has 2 aromatic rings. The van der Waals surface area contributed by atoms with Crippen LogP contribution in [0.15, 0.2) is 46.2 Å². The van der Waals surface area contributed by atoms with Crippen LogP contribution in [0.5, 0.6) is 0 Å². The molecule has 130 valence electrons. The van der Waals surface area contributed by atoms with Gasteiger partial charge in [0.1, 0.15) is 0 Å². The molecule has 1 fully saturated rings. The van der Waals surface area contributed by atoms with E-state index in [1.165, 1.54) is 60.8 Å². The van der Waals surface area contributed by atoms with Crippen LogP contribution in [0.2, 0.25) is 0 Å². The number of hydrogen-bond acceptors (Lipinski definition) is 3. The maximum atomic E-state index is 2.74. The largest absolute Gasteiger partial charge is 0.304 e. The first kappa shape index (κ1) is 15.9.